The molecule has 122 valence electrons. The molecule has 0 bridgehead atoms. The van der Waals surface area contributed by atoms with Crippen molar-refractivity contribution < 1.29 is 9.59 Å². The Bertz CT molecular complexity index is 645. The fourth-order valence-electron chi connectivity index (χ4n) is 3.67. The van der Waals surface area contributed by atoms with Gasteiger partial charge in [-0.2, -0.15) is 5.10 Å². The van der Waals surface area contributed by atoms with Crippen LogP contribution in [0.3, 0.4) is 0 Å². The molecule has 0 saturated carbocycles. The Morgan fingerprint density at radius 3 is 2.83 bits per heavy atom. The Balaban J connectivity index is 1.35. The predicted molar refractivity (Wildman–Crippen MR) is 85.9 cm³/mol. The van der Waals surface area contributed by atoms with Gasteiger partial charge in [0.15, 0.2) is 0 Å². The lowest BCUT2D eigenvalue weighted by Gasteiger charge is -2.41. The Hall–Kier alpha value is -2.11. The summed E-state index contributed by atoms with van der Waals surface area (Å²) in [5, 5.41) is 4.40. The molecule has 0 aromatic carbocycles. The lowest BCUT2D eigenvalue weighted by Crippen LogP contribution is -2.52. The third kappa shape index (κ3) is 2.66. The summed E-state index contributed by atoms with van der Waals surface area (Å²) in [6.07, 6.45) is 12.4. The zero-order valence-electron chi connectivity index (χ0n) is 13.2. The first-order valence-electron chi connectivity index (χ1n) is 8.50. The molecular weight excluding hydrogens is 292 g/mol. The Morgan fingerprint density at radius 2 is 2.13 bits per heavy atom. The van der Waals surface area contributed by atoms with E-state index < -0.39 is 0 Å². The van der Waals surface area contributed by atoms with Gasteiger partial charge in [-0.1, -0.05) is 12.2 Å². The van der Waals surface area contributed by atoms with Crippen LogP contribution in [0.2, 0.25) is 0 Å². The van der Waals surface area contributed by atoms with E-state index in [9.17, 15) is 9.59 Å². The number of nitrogens with zero attached hydrogens (tertiary/aromatic N) is 4. The second kappa shape index (κ2) is 5.83. The first-order valence-corrected chi connectivity index (χ1v) is 8.50. The maximum atomic E-state index is 12.4. The first kappa shape index (κ1) is 14.5. The number of hydrogen-bond acceptors (Lipinski definition) is 3. The van der Waals surface area contributed by atoms with E-state index in [-0.39, 0.29) is 23.8 Å². The Morgan fingerprint density at radius 1 is 1.26 bits per heavy atom. The van der Waals surface area contributed by atoms with Crippen LogP contribution >= 0.6 is 0 Å². The van der Waals surface area contributed by atoms with Crippen LogP contribution in [-0.4, -0.2) is 46.1 Å². The summed E-state index contributed by atoms with van der Waals surface area (Å²) < 4.78 is 1.91. The van der Waals surface area contributed by atoms with E-state index in [0.717, 1.165) is 51.0 Å². The normalized spacial score (nSPS) is 25.0. The molecule has 6 heteroatoms. The number of carbonyl (C=O) groups excluding carboxylic acids is 2. The Labute approximate surface area is 135 Å². The fourth-order valence-corrected chi connectivity index (χ4v) is 3.67. The van der Waals surface area contributed by atoms with Gasteiger partial charge in [0.2, 0.25) is 11.8 Å². The van der Waals surface area contributed by atoms with Gasteiger partial charge in [0, 0.05) is 38.2 Å². The molecule has 1 aromatic heterocycles. The van der Waals surface area contributed by atoms with Gasteiger partial charge in [0.1, 0.15) is 0 Å². The molecule has 1 aromatic rings. The molecule has 0 radical (unpaired) electrons. The number of carbonyl (C=O) groups is 2. The minimum atomic E-state index is 0.163. The highest BCUT2D eigenvalue weighted by molar-refractivity contribution is 5.95. The van der Waals surface area contributed by atoms with Crippen molar-refractivity contribution in [2.75, 3.05) is 24.5 Å². The summed E-state index contributed by atoms with van der Waals surface area (Å²) in [6.45, 7) is 2.25. The largest absolute Gasteiger partial charge is 0.338 e. The van der Waals surface area contributed by atoms with Crippen molar-refractivity contribution >= 4 is 17.5 Å². The summed E-state index contributed by atoms with van der Waals surface area (Å²) in [6, 6.07) is 0.240. The van der Waals surface area contributed by atoms with Crippen LogP contribution in [0, 0.1) is 5.92 Å². The highest BCUT2D eigenvalue weighted by Crippen LogP contribution is 2.29. The van der Waals surface area contributed by atoms with Crippen molar-refractivity contribution in [1.82, 2.24) is 14.7 Å². The quantitative estimate of drug-likeness (QED) is 0.799. The zero-order valence-corrected chi connectivity index (χ0v) is 13.2. The second-order valence-electron chi connectivity index (χ2n) is 6.71. The number of likely N-dealkylation sites (tertiary alicyclic amines) is 1. The number of rotatable bonds is 3. The smallest absolute Gasteiger partial charge is 0.227 e. The maximum Gasteiger partial charge on any atom is 0.227 e. The average Bonchev–Trinajstić information content (AvgIpc) is 3.15. The van der Waals surface area contributed by atoms with E-state index in [2.05, 4.69) is 17.3 Å². The van der Waals surface area contributed by atoms with Gasteiger partial charge in [0.05, 0.1) is 17.9 Å². The van der Waals surface area contributed by atoms with Crippen LogP contribution in [-0.2, 0) is 9.59 Å². The van der Waals surface area contributed by atoms with Crippen molar-refractivity contribution in [3.05, 3.63) is 24.5 Å². The Kier molecular flexibility index (Phi) is 3.67. The third-order valence-electron chi connectivity index (χ3n) is 5.14. The molecule has 2 saturated heterocycles. The molecule has 6 nitrogen and oxygen atoms in total. The SMILES string of the molecule is O=C(C1CC=CCC1)N1CC(n2cc(N3CCCC3=O)cn2)C1. The summed E-state index contributed by atoms with van der Waals surface area (Å²) >= 11 is 0. The molecule has 0 N–H and O–H groups in total. The third-order valence-corrected chi connectivity index (χ3v) is 5.14. The molecule has 1 aliphatic carbocycles. The van der Waals surface area contributed by atoms with E-state index >= 15 is 0 Å². The maximum absolute atomic E-state index is 12.4. The minimum absolute atomic E-state index is 0.163. The lowest BCUT2D eigenvalue weighted by molar-refractivity contribution is -0.141. The molecule has 3 aliphatic rings. The van der Waals surface area contributed by atoms with Gasteiger partial charge < -0.3 is 9.80 Å². The standard InChI is InChI=1S/C17H22N4O2/c22-16-7-4-8-20(16)14-9-18-21(12-14)15-10-19(11-15)17(23)13-5-2-1-3-6-13/h1-2,9,12-13,15H,3-8,10-11H2. The molecule has 2 aliphatic heterocycles. The summed E-state index contributed by atoms with van der Waals surface area (Å²) in [7, 11) is 0. The number of amides is 2. The topological polar surface area (TPSA) is 58.4 Å². The predicted octanol–water partition coefficient (Wildman–Crippen LogP) is 1.75. The van der Waals surface area contributed by atoms with E-state index in [1.54, 1.807) is 11.1 Å². The van der Waals surface area contributed by atoms with Crippen LogP contribution in [0.25, 0.3) is 0 Å². The van der Waals surface area contributed by atoms with Gasteiger partial charge in [-0.3, -0.25) is 14.3 Å². The van der Waals surface area contributed by atoms with Crippen molar-refractivity contribution in [3.63, 3.8) is 0 Å². The highest BCUT2D eigenvalue weighted by atomic mass is 16.2. The van der Waals surface area contributed by atoms with Crippen LogP contribution in [0.1, 0.15) is 38.1 Å². The second-order valence-corrected chi connectivity index (χ2v) is 6.71. The van der Waals surface area contributed by atoms with Gasteiger partial charge >= 0.3 is 0 Å². The van der Waals surface area contributed by atoms with Crippen LogP contribution in [0.5, 0.6) is 0 Å². The minimum Gasteiger partial charge on any atom is -0.338 e. The molecule has 2 amide bonds. The number of anilines is 1. The molecule has 23 heavy (non-hydrogen) atoms. The van der Waals surface area contributed by atoms with Crippen LogP contribution in [0.4, 0.5) is 5.69 Å². The molecular formula is C17H22N4O2. The van der Waals surface area contributed by atoms with Gasteiger partial charge in [-0.15, -0.1) is 0 Å². The molecule has 2 fully saturated rings. The number of hydrogen-bond donors (Lipinski definition) is 0. The lowest BCUT2D eigenvalue weighted by atomic mass is 9.91. The monoisotopic (exact) mass is 314 g/mol. The van der Waals surface area contributed by atoms with Crippen molar-refractivity contribution in [2.45, 2.75) is 38.1 Å². The molecule has 0 spiro atoms. The van der Waals surface area contributed by atoms with Crippen molar-refractivity contribution in [3.8, 4) is 0 Å². The van der Waals surface area contributed by atoms with Gasteiger partial charge in [-0.05, 0) is 25.7 Å². The van der Waals surface area contributed by atoms with Crippen LogP contribution < -0.4 is 4.90 Å². The average molecular weight is 314 g/mol. The number of aromatic nitrogens is 2. The molecule has 1 atom stereocenters. The van der Waals surface area contributed by atoms with Crippen LogP contribution in [0.15, 0.2) is 24.5 Å². The van der Waals surface area contributed by atoms with E-state index in [1.165, 1.54) is 0 Å². The molecule has 1 unspecified atom stereocenters. The van der Waals surface area contributed by atoms with Crippen molar-refractivity contribution in [2.24, 2.45) is 5.92 Å². The fraction of sp³-hybridized carbons (Fsp3) is 0.588. The van der Waals surface area contributed by atoms with Gasteiger partial charge in [-0.25, -0.2) is 0 Å². The highest BCUT2D eigenvalue weighted by Gasteiger charge is 2.36. The molecule has 3 heterocycles. The van der Waals surface area contributed by atoms with E-state index in [1.807, 2.05) is 15.8 Å². The zero-order chi connectivity index (χ0) is 15.8. The van der Waals surface area contributed by atoms with E-state index in [0.29, 0.717) is 6.42 Å². The summed E-state index contributed by atoms with van der Waals surface area (Å²) in [5.41, 5.74) is 0.884. The summed E-state index contributed by atoms with van der Waals surface area (Å²) in [4.78, 5) is 28.0. The van der Waals surface area contributed by atoms with Gasteiger partial charge in [0.25, 0.3) is 0 Å². The molecule has 4 rings (SSSR count). The summed E-state index contributed by atoms with van der Waals surface area (Å²) in [5.74, 6) is 0.629. The van der Waals surface area contributed by atoms with E-state index in [4.69, 9.17) is 0 Å². The number of allylic oxidation sites excluding steroid dienone is 2. The van der Waals surface area contributed by atoms with Crippen molar-refractivity contribution in [1.29, 1.82) is 0 Å². The first-order chi connectivity index (χ1) is 11.2.